The summed E-state index contributed by atoms with van der Waals surface area (Å²) in [5.41, 5.74) is 0. The Morgan fingerprint density at radius 2 is 2.00 bits per heavy atom. The van der Waals surface area contributed by atoms with Gasteiger partial charge in [-0.3, -0.25) is 4.52 Å². The summed E-state index contributed by atoms with van der Waals surface area (Å²) >= 11 is 0. The molecule has 0 fully saturated rings. The van der Waals surface area contributed by atoms with Crippen molar-refractivity contribution in [1.82, 2.24) is 0 Å². The topological polar surface area (TPSA) is 154 Å². The Labute approximate surface area is 98.2 Å². The Bertz CT molecular complexity index is 295. The van der Waals surface area contributed by atoms with Gasteiger partial charge in [0.15, 0.2) is 6.29 Å². The highest BCUT2D eigenvalue weighted by molar-refractivity contribution is 7.46. The Morgan fingerprint density at radius 3 is 2.41 bits per heavy atom. The normalized spacial score (nSPS) is 20.2. The van der Waals surface area contributed by atoms with Crippen molar-refractivity contribution in [3.63, 3.8) is 0 Å². The standard InChI is InChI=1S/C7H15O9P/c1-15-7(4(9)2-8)6(11)5(10)3-16-17(12,13)14/h2,4-7,9-11H,3H2,1H3,(H2,12,13,14)/t4-,5+,6+,7-/m0/s1/i1D. The third-order valence-corrected chi connectivity index (χ3v) is 2.30. The molecule has 0 unspecified atom stereocenters. The van der Waals surface area contributed by atoms with Crippen LogP contribution in [0.2, 0.25) is 0 Å². The monoisotopic (exact) mass is 275 g/mol. The maximum atomic E-state index is 10.4. The molecule has 0 aromatic carbocycles. The minimum Gasteiger partial charge on any atom is -0.388 e. The summed E-state index contributed by atoms with van der Waals surface area (Å²) in [6.07, 6.45) is -7.04. The van der Waals surface area contributed by atoms with Crippen LogP contribution in [0.1, 0.15) is 1.37 Å². The lowest BCUT2D eigenvalue weighted by atomic mass is 10.0. The van der Waals surface area contributed by atoms with Crippen LogP contribution in [0.5, 0.6) is 0 Å². The van der Waals surface area contributed by atoms with Gasteiger partial charge in [0.25, 0.3) is 0 Å². The molecule has 0 heterocycles. The van der Waals surface area contributed by atoms with Crippen LogP contribution in [-0.2, 0) is 18.6 Å². The second kappa shape index (κ2) is 7.14. The summed E-state index contributed by atoms with van der Waals surface area (Å²) in [6, 6.07) is 0. The lowest BCUT2D eigenvalue weighted by molar-refractivity contribution is -0.142. The summed E-state index contributed by atoms with van der Waals surface area (Å²) < 4.78 is 25.6. The fourth-order valence-corrected chi connectivity index (χ4v) is 1.31. The predicted octanol–water partition coefficient (Wildman–Crippen LogP) is -2.61. The number of phosphoric acid groups is 1. The number of aldehydes is 1. The van der Waals surface area contributed by atoms with E-state index >= 15 is 0 Å². The molecule has 0 saturated carbocycles. The third-order valence-electron chi connectivity index (χ3n) is 1.81. The highest BCUT2D eigenvalue weighted by atomic mass is 31.2. The zero-order valence-corrected chi connectivity index (χ0v) is 9.51. The van der Waals surface area contributed by atoms with Gasteiger partial charge in [-0.25, -0.2) is 4.57 Å². The van der Waals surface area contributed by atoms with Crippen molar-refractivity contribution >= 4 is 14.1 Å². The number of aliphatic hydroxyl groups is 3. The molecular weight excluding hydrogens is 259 g/mol. The molecule has 5 N–H and O–H groups in total. The van der Waals surface area contributed by atoms with Crippen molar-refractivity contribution in [3.8, 4) is 0 Å². The zero-order chi connectivity index (χ0) is 14.3. The van der Waals surface area contributed by atoms with Crippen LogP contribution in [0.15, 0.2) is 0 Å². The van der Waals surface area contributed by atoms with Crippen LogP contribution in [0.25, 0.3) is 0 Å². The Hall–Kier alpha value is -0.380. The molecule has 0 saturated heterocycles. The van der Waals surface area contributed by atoms with Gasteiger partial charge >= 0.3 is 7.82 Å². The lowest BCUT2D eigenvalue weighted by Crippen LogP contribution is -2.47. The number of carbonyl (C=O) groups is 1. The first kappa shape index (κ1) is 14.7. The number of methoxy groups -OCH3 is 1. The molecule has 0 aromatic heterocycles. The van der Waals surface area contributed by atoms with Gasteiger partial charge in [-0.2, -0.15) is 0 Å². The molecule has 0 bridgehead atoms. The molecule has 10 heteroatoms. The minimum atomic E-state index is -4.82. The molecule has 0 aromatic rings. The van der Waals surface area contributed by atoms with E-state index in [0.29, 0.717) is 0 Å². The third kappa shape index (κ3) is 6.20. The molecule has 0 radical (unpaired) electrons. The molecular formula is C7H15O9P. The SMILES string of the molecule is [2H]CO[C@H]([C@H](O)[C@H](O)COP(=O)(O)O)[C@@H](O)C=O. The van der Waals surface area contributed by atoms with E-state index in [9.17, 15) is 19.6 Å². The van der Waals surface area contributed by atoms with E-state index in [2.05, 4.69) is 9.26 Å². The van der Waals surface area contributed by atoms with Gasteiger partial charge in [-0.05, 0) is 0 Å². The van der Waals surface area contributed by atoms with Crippen LogP contribution in [-0.4, -0.2) is 69.5 Å². The number of rotatable bonds is 8. The van der Waals surface area contributed by atoms with Crippen LogP contribution in [0, 0.1) is 0 Å². The van der Waals surface area contributed by atoms with Crippen LogP contribution >= 0.6 is 7.82 Å². The molecule has 0 aliphatic heterocycles. The molecule has 102 valence electrons. The second-order valence-corrected chi connectivity index (χ2v) is 4.34. The van der Waals surface area contributed by atoms with E-state index < -0.39 is 45.9 Å². The molecule has 17 heavy (non-hydrogen) atoms. The highest BCUT2D eigenvalue weighted by Gasteiger charge is 2.33. The van der Waals surface area contributed by atoms with E-state index in [-0.39, 0.29) is 6.29 Å². The second-order valence-electron chi connectivity index (χ2n) is 3.10. The van der Waals surface area contributed by atoms with Gasteiger partial charge in [0, 0.05) is 7.09 Å². The van der Waals surface area contributed by atoms with Gasteiger partial charge in [-0.15, -0.1) is 0 Å². The van der Waals surface area contributed by atoms with E-state index in [1.54, 1.807) is 0 Å². The quantitative estimate of drug-likeness (QED) is 0.237. The van der Waals surface area contributed by atoms with E-state index in [1.807, 2.05) is 0 Å². The molecule has 0 aliphatic carbocycles. The van der Waals surface area contributed by atoms with Gasteiger partial charge in [0.2, 0.25) is 0 Å². The summed E-state index contributed by atoms with van der Waals surface area (Å²) in [4.78, 5) is 27.1. The van der Waals surface area contributed by atoms with Crippen LogP contribution in [0.4, 0.5) is 0 Å². The van der Waals surface area contributed by atoms with E-state index in [1.165, 1.54) is 0 Å². The first-order valence-electron chi connectivity index (χ1n) is 5.04. The first-order chi connectivity index (χ1) is 8.22. The van der Waals surface area contributed by atoms with Crippen molar-refractivity contribution in [2.45, 2.75) is 24.4 Å². The van der Waals surface area contributed by atoms with Crippen molar-refractivity contribution in [1.29, 1.82) is 0 Å². The Morgan fingerprint density at radius 1 is 1.41 bits per heavy atom. The van der Waals surface area contributed by atoms with Crippen molar-refractivity contribution < 1.29 is 45.1 Å². The lowest BCUT2D eigenvalue weighted by Gasteiger charge is -2.26. The van der Waals surface area contributed by atoms with Crippen molar-refractivity contribution in [3.05, 3.63) is 0 Å². The number of hydrogen-bond donors (Lipinski definition) is 5. The summed E-state index contributed by atoms with van der Waals surface area (Å²) in [6.45, 7) is -0.936. The molecule has 9 nitrogen and oxygen atoms in total. The van der Waals surface area contributed by atoms with Crippen LogP contribution in [0.3, 0.4) is 0 Å². The number of ether oxygens (including phenoxy) is 1. The number of carbonyl (C=O) groups excluding carboxylic acids is 1. The molecule has 0 amide bonds. The van der Waals surface area contributed by atoms with Crippen molar-refractivity contribution in [2.75, 3.05) is 13.7 Å². The van der Waals surface area contributed by atoms with Crippen LogP contribution < -0.4 is 0 Å². The summed E-state index contributed by atoms with van der Waals surface area (Å²) in [7, 11) is -5.51. The van der Waals surface area contributed by atoms with E-state index in [4.69, 9.17) is 16.3 Å². The zero-order valence-electron chi connectivity index (χ0n) is 9.62. The average Bonchev–Trinajstić information content (AvgIpc) is 2.30. The summed E-state index contributed by atoms with van der Waals surface area (Å²) in [5, 5.41) is 28.0. The number of hydrogen-bond acceptors (Lipinski definition) is 7. The predicted molar refractivity (Wildman–Crippen MR) is 52.9 cm³/mol. The Kier molecular flexibility index (Phi) is 6.17. The van der Waals surface area contributed by atoms with Crippen molar-refractivity contribution in [2.24, 2.45) is 0 Å². The fourth-order valence-electron chi connectivity index (χ4n) is 0.968. The molecule has 0 rings (SSSR count). The first-order valence-corrected chi connectivity index (χ1v) is 5.86. The number of aliphatic hydroxyl groups excluding tert-OH is 3. The Balaban J connectivity index is 4.50. The van der Waals surface area contributed by atoms with Gasteiger partial charge in [0.05, 0.1) is 7.98 Å². The van der Waals surface area contributed by atoms with Gasteiger partial charge in [-0.1, -0.05) is 0 Å². The maximum absolute atomic E-state index is 10.4. The maximum Gasteiger partial charge on any atom is 0.469 e. The molecule has 0 aliphatic rings. The molecule has 0 spiro atoms. The van der Waals surface area contributed by atoms with E-state index in [0.717, 1.165) is 0 Å². The van der Waals surface area contributed by atoms with Gasteiger partial charge < -0.3 is 34.6 Å². The smallest absolute Gasteiger partial charge is 0.388 e. The fraction of sp³-hybridized carbons (Fsp3) is 0.857. The number of phosphoric ester groups is 1. The van der Waals surface area contributed by atoms with Gasteiger partial charge in [0.1, 0.15) is 24.4 Å². The average molecular weight is 275 g/mol. The largest absolute Gasteiger partial charge is 0.469 e. The minimum absolute atomic E-state index is 0.0279. The highest BCUT2D eigenvalue weighted by Crippen LogP contribution is 2.35. The molecule has 4 atom stereocenters. The summed E-state index contributed by atoms with van der Waals surface area (Å²) in [5.74, 6) is 0.